The van der Waals surface area contributed by atoms with Gasteiger partial charge < -0.3 is 15.4 Å². The van der Waals surface area contributed by atoms with Gasteiger partial charge in [-0.1, -0.05) is 0 Å². The van der Waals surface area contributed by atoms with Crippen molar-refractivity contribution in [3.8, 4) is 6.07 Å². The first-order valence-electron chi connectivity index (χ1n) is 5.33. The number of ether oxygens (including phenoxy) is 1. The zero-order valence-corrected chi connectivity index (χ0v) is 9.31. The Bertz CT molecular complexity index is 425. The van der Waals surface area contributed by atoms with Crippen molar-refractivity contribution >= 4 is 11.4 Å². The predicted octanol–water partition coefficient (Wildman–Crippen LogP) is 1.31. The molecule has 0 radical (unpaired) electrons. The molecule has 0 spiro atoms. The molecule has 1 aliphatic heterocycles. The number of nitrogen functional groups attached to an aromatic ring is 1. The minimum atomic E-state index is -0.327. The van der Waals surface area contributed by atoms with E-state index in [9.17, 15) is 0 Å². The summed E-state index contributed by atoms with van der Waals surface area (Å²) in [5, 5.41) is 8.83. The summed E-state index contributed by atoms with van der Waals surface area (Å²) in [4.78, 5) is 2.16. The standard InChI is InChI=1S/C12H15N3O/c1-9-6-10(2-3-12(9)14)15-4-5-16-11(7-13)8-15/h2-3,6,11H,4-5,8,14H2,1H3. The molecule has 1 heterocycles. The zero-order valence-electron chi connectivity index (χ0n) is 9.31. The summed E-state index contributed by atoms with van der Waals surface area (Å²) in [7, 11) is 0. The first-order valence-corrected chi connectivity index (χ1v) is 5.33. The van der Waals surface area contributed by atoms with Crippen molar-refractivity contribution in [2.45, 2.75) is 13.0 Å². The maximum absolute atomic E-state index is 8.83. The van der Waals surface area contributed by atoms with E-state index in [2.05, 4.69) is 17.0 Å². The fraction of sp³-hybridized carbons (Fsp3) is 0.417. The van der Waals surface area contributed by atoms with Gasteiger partial charge >= 0.3 is 0 Å². The highest BCUT2D eigenvalue weighted by Gasteiger charge is 2.20. The van der Waals surface area contributed by atoms with E-state index >= 15 is 0 Å². The summed E-state index contributed by atoms with van der Waals surface area (Å²) in [5.41, 5.74) is 8.75. The number of nitrogens with two attached hydrogens (primary N) is 1. The van der Waals surface area contributed by atoms with Crippen LogP contribution in [-0.4, -0.2) is 25.8 Å². The van der Waals surface area contributed by atoms with Crippen LogP contribution in [0.1, 0.15) is 5.56 Å². The van der Waals surface area contributed by atoms with Gasteiger partial charge in [-0.15, -0.1) is 0 Å². The Kier molecular flexibility index (Phi) is 2.97. The molecule has 2 rings (SSSR count). The molecule has 1 aromatic rings. The number of hydrogen-bond acceptors (Lipinski definition) is 4. The zero-order chi connectivity index (χ0) is 11.5. The Morgan fingerprint density at radius 2 is 2.38 bits per heavy atom. The maximum atomic E-state index is 8.83. The normalized spacial score (nSPS) is 20.5. The molecule has 0 aliphatic carbocycles. The molecular formula is C12H15N3O. The second-order valence-electron chi connectivity index (χ2n) is 3.98. The van der Waals surface area contributed by atoms with E-state index in [1.54, 1.807) is 0 Å². The first kappa shape index (κ1) is 10.8. The van der Waals surface area contributed by atoms with Crippen molar-refractivity contribution in [1.29, 1.82) is 5.26 Å². The fourth-order valence-electron chi connectivity index (χ4n) is 1.82. The largest absolute Gasteiger partial charge is 0.399 e. The van der Waals surface area contributed by atoms with Gasteiger partial charge in [0.15, 0.2) is 6.10 Å². The smallest absolute Gasteiger partial charge is 0.161 e. The number of nitrogens with zero attached hydrogens (tertiary/aromatic N) is 2. The number of anilines is 2. The van der Waals surface area contributed by atoms with Gasteiger partial charge in [0.05, 0.1) is 19.2 Å². The number of aryl methyl sites for hydroxylation is 1. The first-order chi connectivity index (χ1) is 7.70. The van der Waals surface area contributed by atoms with Crippen molar-refractivity contribution in [2.75, 3.05) is 30.3 Å². The molecule has 1 saturated heterocycles. The van der Waals surface area contributed by atoms with Crippen molar-refractivity contribution in [1.82, 2.24) is 0 Å². The highest BCUT2D eigenvalue weighted by atomic mass is 16.5. The van der Waals surface area contributed by atoms with Gasteiger partial charge in [-0.25, -0.2) is 0 Å². The van der Waals surface area contributed by atoms with E-state index in [-0.39, 0.29) is 6.10 Å². The molecule has 1 unspecified atom stereocenters. The lowest BCUT2D eigenvalue weighted by molar-refractivity contribution is 0.0764. The quantitative estimate of drug-likeness (QED) is 0.720. The molecule has 0 bridgehead atoms. The average molecular weight is 217 g/mol. The van der Waals surface area contributed by atoms with Gasteiger partial charge in [-0.05, 0) is 30.7 Å². The molecule has 1 aliphatic rings. The van der Waals surface area contributed by atoms with Crippen LogP contribution in [0.4, 0.5) is 11.4 Å². The van der Waals surface area contributed by atoms with Crippen LogP contribution in [0, 0.1) is 18.3 Å². The number of rotatable bonds is 1. The predicted molar refractivity (Wildman–Crippen MR) is 63.2 cm³/mol. The minimum Gasteiger partial charge on any atom is -0.399 e. The van der Waals surface area contributed by atoms with Crippen LogP contribution in [0.3, 0.4) is 0 Å². The Morgan fingerprint density at radius 3 is 3.06 bits per heavy atom. The van der Waals surface area contributed by atoms with Crippen molar-refractivity contribution in [3.05, 3.63) is 23.8 Å². The Balaban J connectivity index is 2.17. The number of nitriles is 1. The molecular weight excluding hydrogens is 202 g/mol. The van der Waals surface area contributed by atoms with Crippen LogP contribution in [0.5, 0.6) is 0 Å². The Morgan fingerprint density at radius 1 is 1.56 bits per heavy atom. The molecule has 0 aromatic heterocycles. The van der Waals surface area contributed by atoms with Gasteiger partial charge in [0.1, 0.15) is 0 Å². The fourth-order valence-corrected chi connectivity index (χ4v) is 1.82. The highest BCUT2D eigenvalue weighted by Crippen LogP contribution is 2.22. The Hall–Kier alpha value is -1.73. The van der Waals surface area contributed by atoms with E-state index in [4.69, 9.17) is 15.7 Å². The van der Waals surface area contributed by atoms with E-state index in [1.165, 1.54) is 0 Å². The van der Waals surface area contributed by atoms with Crippen LogP contribution in [-0.2, 0) is 4.74 Å². The lowest BCUT2D eigenvalue weighted by atomic mass is 10.1. The molecule has 1 aromatic carbocycles. The van der Waals surface area contributed by atoms with Gasteiger partial charge in [0, 0.05) is 17.9 Å². The summed E-state index contributed by atoms with van der Waals surface area (Å²) in [6.45, 7) is 4.03. The third-order valence-electron chi connectivity index (χ3n) is 2.83. The summed E-state index contributed by atoms with van der Waals surface area (Å²) >= 11 is 0. The minimum absolute atomic E-state index is 0.327. The molecule has 2 N–H and O–H groups in total. The Labute approximate surface area is 95.2 Å². The molecule has 1 fully saturated rings. The van der Waals surface area contributed by atoms with E-state index in [0.717, 1.165) is 23.5 Å². The van der Waals surface area contributed by atoms with Crippen LogP contribution in [0.25, 0.3) is 0 Å². The van der Waals surface area contributed by atoms with E-state index in [0.29, 0.717) is 13.2 Å². The second kappa shape index (κ2) is 4.42. The molecule has 4 nitrogen and oxygen atoms in total. The number of hydrogen-bond donors (Lipinski definition) is 1. The number of benzene rings is 1. The third-order valence-corrected chi connectivity index (χ3v) is 2.83. The SMILES string of the molecule is Cc1cc(N2CCOC(C#N)C2)ccc1N. The number of morpholine rings is 1. The van der Waals surface area contributed by atoms with Gasteiger partial charge in [0.25, 0.3) is 0 Å². The van der Waals surface area contributed by atoms with E-state index < -0.39 is 0 Å². The second-order valence-corrected chi connectivity index (χ2v) is 3.98. The summed E-state index contributed by atoms with van der Waals surface area (Å²) in [6, 6.07) is 8.08. The topological polar surface area (TPSA) is 62.3 Å². The molecule has 4 heteroatoms. The molecule has 16 heavy (non-hydrogen) atoms. The highest BCUT2D eigenvalue weighted by molar-refractivity contribution is 5.58. The van der Waals surface area contributed by atoms with Crippen LogP contribution < -0.4 is 10.6 Å². The summed E-state index contributed by atoms with van der Waals surface area (Å²) in [5.74, 6) is 0. The summed E-state index contributed by atoms with van der Waals surface area (Å²) in [6.07, 6.45) is -0.327. The van der Waals surface area contributed by atoms with Crippen LogP contribution in [0.15, 0.2) is 18.2 Å². The summed E-state index contributed by atoms with van der Waals surface area (Å²) < 4.78 is 5.31. The van der Waals surface area contributed by atoms with Gasteiger partial charge in [-0.2, -0.15) is 5.26 Å². The van der Waals surface area contributed by atoms with E-state index in [1.807, 2.05) is 19.1 Å². The molecule has 0 amide bonds. The van der Waals surface area contributed by atoms with Crippen molar-refractivity contribution in [3.63, 3.8) is 0 Å². The van der Waals surface area contributed by atoms with Crippen LogP contribution >= 0.6 is 0 Å². The monoisotopic (exact) mass is 217 g/mol. The lowest BCUT2D eigenvalue weighted by Crippen LogP contribution is -2.41. The van der Waals surface area contributed by atoms with Crippen LogP contribution in [0.2, 0.25) is 0 Å². The van der Waals surface area contributed by atoms with Crippen molar-refractivity contribution in [2.24, 2.45) is 0 Å². The van der Waals surface area contributed by atoms with Gasteiger partial charge in [-0.3, -0.25) is 0 Å². The van der Waals surface area contributed by atoms with Crippen molar-refractivity contribution < 1.29 is 4.74 Å². The molecule has 1 atom stereocenters. The average Bonchev–Trinajstić information content (AvgIpc) is 2.33. The molecule has 84 valence electrons. The van der Waals surface area contributed by atoms with Gasteiger partial charge in [0.2, 0.25) is 0 Å². The third kappa shape index (κ3) is 2.10. The molecule has 0 saturated carbocycles. The lowest BCUT2D eigenvalue weighted by Gasteiger charge is -2.31. The maximum Gasteiger partial charge on any atom is 0.161 e.